The lowest BCUT2D eigenvalue weighted by Gasteiger charge is -2.04. The number of ether oxygens (including phenoxy) is 1. The van der Waals surface area contributed by atoms with E-state index in [9.17, 15) is 0 Å². The Kier molecular flexibility index (Phi) is 3.88. The number of hydrogen-bond acceptors (Lipinski definition) is 4. The topological polar surface area (TPSA) is 48.1 Å². The molecule has 0 amide bonds. The zero-order chi connectivity index (χ0) is 12.1. The van der Waals surface area contributed by atoms with Crippen LogP contribution in [0.25, 0.3) is 0 Å². The van der Waals surface area contributed by atoms with Crippen LogP contribution in [0.3, 0.4) is 0 Å². The number of benzene rings is 1. The molecule has 0 unspecified atom stereocenters. The van der Waals surface area contributed by atoms with Crippen molar-refractivity contribution in [2.24, 2.45) is 0 Å². The Hall–Kier alpha value is -1.68. The van der Waals surface area contributed by atoms with Gasteiger partial charge in [0, 0.05) is 4.90 Å². The number of nitrogens with two attached hydrogens (primary N) is 1. The molecular formula is C13H14N2OS. The normalized spacial score (nSPS) is 10.2. The molecular weight excluding hydrogens is 232 g/mol. The summed E-state index contributed by atoms with van der Waals surface area (Å²) < 4.78 is 5.39. The summed E-state index contributed by atoms with van der Waals surface area (Å²) >= 11 is 1.60. The predicted octanol–water partition coefficient (Wildman–Crippen LogP) is 3.21. The van der Waals surface area contributed by atoms with Gasteiger partial charge in [0.25, 0.3) is 0 Å². The van der Waals surface area contributed by atoms with Crippen LogP contribution in [0.5, 0.6) is 5.75 Å². The molecule has 0 spiro atoms. The third-order valence-electron chi connectivity index (χ3n) is 2.12. The van der Waals surface area contributed by atoms with Gasteiger partial charge in [0.2, 0.25) is 0 Å². The van der Waals surface area contributed by atoms with Crippen molar-refractivity contribution in [2.75, 3.05) is 12.3 Å². The average Bonchev–Trinajstić information content (AvgIpc) is 2.35. The van der Waals surface area contributed by atoms with E-state index in [4.69, 9.17) is 10.5 Å². The molecule has 1 heterocycles. The zero-order valence-corrected chi connectivity index (χ0v) is 10.4. The largest absolute Gasteiger partial charge is 0.494 e. The lowest BCUT2D eigenvalue weighted by atomic mass is 10.3. The lowest BCUT2D eigenvalue weighted by molar-refractivity contribution is 0.340. The minimum atomic E-state index is 0.682. The van der Waals surface area contributed by atoms with Gasteiger partial charge in [0.1, 0.15) is 10.8 Å². The van der Waals surface area contributed by atoms with Crippen LogP contribution in [0.2, 0.25) is 0 Å². The van der Waals surface area contributed by atoms with Gasteiger partial charge in [-0.3, -0.25) is 0 Å². The predicted molar refractivity (Wildman–Crippen MR) is 70.4 cm³/mol. The van der Waals surface area contributed by atoms with Crippen molar-refractivity contribution in [3.8, 4) is 5.75 Å². The van der Waals surface area contributed by atoms with E-state index < -0.39 is 0 Å². The first-order valence-corrected chi connectivity index (χ1v) is 6.22. The van der Waals surface area contributed by atoms with Crippen molar-refractivity contribution in [1.29, 1.82) is 0 Å². The minimum Gasteiger partial charge on any atom is -0.494 e. The van der Waals surface area contributed by atoms with Crippen LogP contribution >= 0.6 is 11.8 Å². The number of nitrogen functional groups attached to an aromatic ring is 1. The van der Waals surface area contributed by atoms with Crippen molar-refractivity contribution in [1.82, 2.24) is 4.98 Å². The van der Waals surface area contributed by atoms with Gasteiger partial charge in [-0.2, -0.15) is 0 Å². The molecule has 2 rings (SSSR count). The monoisotopic (exact) mass is 246 g/mol. The Morgan fingerprint density at radius 3 is 2.53 bits per heavy atom. The van der Waals surface area contributed by atoms with Gasteiger partial charge in [-0.1, -0.05) is 11.8 Å². The summed E-state index contributed by atoms with van der Waals surface area (Å²) in [5.74, 6) is 0.891. The molecule has 1 aromatic carbocycles. The third-order valence-corrected chi connectivity index (χ3v) is 3.07. The molecule has 0 saturated carbocycles. The molecule has 4 heteroatoms. The fourth-order valence-corrected chi connectivity index (χ4v) is 2.10. The number of pyridine rings is 1. The van der Waals surface area contributed by atoms with E-state index in [1.807, 2.05) is 43.3 Å². The minimum absolute atomic E-state index is 0.682. The molecule has 2 N–H and O–H groups in total. The summed E-state index contributed by atoms with van der Waals surface area (Å²) in [5.41, 5.74) is 6.27. The van der Waals surface area contributed by atoms with Gasteiger partial charge in [-0.05, 0) is 43.3 Å². The van der Waals surface area contributed by atoms with Crippen molar-refractivity contribution < 1.29 is 4.74 Å². The smallest absolute Gasteiger partial charge is 0.119 e. The van der Waals surface area contributed by atoms with Crippen molar-refractivity contribution >= 4 is 17.4 Å². The molecule has 0 aliphatic heterocycles. The molecule has 17 heavy (non-hydrogen) atoms. The molecule has 3 nitrogen and oxygen atoms in total. The van der Waals surface area contributed by atoms with Gasteiger partial charge >= 0.3 is 0 Å². The Morgan fingerprint density at radius 1 is 1.18 bits per heavy atom. The number of anilines is 1. The second-order valence-corrected chi connectivity index (χ2v) is 4.53. The maximum Gasteiger partial charge on any atom is 0.119 e. The summed E-state index contributed by atoms with van der Waals surface area (Å²) in [6.45, 7) is 2.66. The second kappa shape index (κ2) is 5.59. The van der Waals surface area contributed by atoms with Gasteiger partial charge in [0.15, 0.2) is 0 Å². The highest BCUT2D eigenvalue weighted by molar-refractivity contribution is 7.99. The fourth-order valence-electron chi connectivity index (χ4n) is 1.34. The van der Waals surface area contributed by atoms with E-state index in [2.05, 4.69) is 4.98 Å². The Bertz CT molecular complexity index is 468. The fraction of sp³-hybridized carbons (Fsp3) is 0.154. The zero-order valence-electron chi connectivity index (χ0n) is 9.59. The first-order valence-electron chi connectivity index (χ1n) is 5.40. The first kappa shape index (κ1) is 11.8. The highest BCUT2D eigenvalue weighted by Crippen LogP contribution is 2.27. The molecule has 0 atom stereocenters. The third kappa shape index (κ3) is 3.39. The van der Waals surface area contributed by atoms with Crippen molar-refractivity contribution in [3.05, 3.63) is 42.6 Å². The highest BCUT2D eigenvalue weighted by Gasteiger charge is 1.99. The van der Waals surface area contributed by atoms with E-state index in [0.717, 1.165) is 15.7 Å². The average molecular weight is 246 g/mol. The number of hydrogen-bond donors (Lipinski definition) is 1. The highest BCUT2D eigenvalue weighted by atomic mass is 32.2. The molecule has 0 aliphatic carbocycles. The number of aromatic nitrogens is 1. The molecule has 0 aliphatic rings. The first-order chi connectivity index (χ1) is 8.28. The van der Waals surface area contributed by atoms with Gasteiger partial charge in [0.05, 0.1) is 18.5 Å². The van der Waals surface area contributed by atoms with Crippen LogP contribution in [-0.4, -0.2) is 11.6 Å². The lowest BCUT2D eigenvalue weighted by Crippen LogP contribution is -1.90. The van der Waals surface area contributed by atoms with E-state index in [1.54, 1.807) is 18.0 Å². The quantitative estimate of drug-likeness (QED) is 0.900. The molecule has 0 fully saturated rings. The van der Waals surface area contributed by atoms with Crippen LogP contribution in [0, 0.1) is 0 Å². The Balaban J connectivity index is 2.05. The van der Waals surface area contributed by atoms with E-state index in [0.29, 0.717) is 12.3 Å². The summed E-state index contributed by atoms with van der Waals surface area (Å²) in [5, 5.41) is 0.934. The van der Waals surface area contributed by atoms with Crippen molar-refractivity contribution in [2.45, 2.75) is 16.8 Å². The van der Waals surface area contributed by atoms with Crippen LogP contribution in [-0.2, 0) is 0 Å². The van der Waals surface area contributed by atoms with Gasteiger partial charge in [-0.25, -0.2) is 4.98 Å². The summed E-state index contributed by atoms with van der Waals surface area (Å²) in [6, 6.07) is 11.7. The maximum absolute atomic E-state index is 5.58. The summed E-state index contributed by atoms with van der Waals surface area (Å²) in [7, 11) is 0. The molecule has 2 aromatic rings. The van der Waals surface area contributed by atoms with Crippen LogP contribution in [0.15, 0.2) is 52.5 Å². The molecule has 0 radical (unpaired) electrons. The van der Waals surface area contributed by atoms with E-state index in [1.165, 1.54) is 0 Å². The van der Waals surface area contributed by atoms with Crippen LogP contribution in [0.1, 0.15) is 6.92 Å². The Morgan fingerprint density at radius 2 is 1.94 bits per heavy atom. The van der Waals surface area contributed by atoms with Crippen LogP contribution < -0.4 is 10.5 Å². The molecule has 88 valence electrons. The van der Waals surface area contributed by atoms with Crippen molar-refractivity contribution in [3.63, 3.8) is 0 Å². The maximum atomic E-state index is 5.58. The van der Waals surface area contributed by atoms with Crippen LogP contribution in [0.4, 0.5) is 5.69 Å². The van der Waals surface area contributed by atoms with E-state index in [-0.39, 0.29) is 0 Å². The number of nitrogens with zero attached hydrogens (tertiary/aromatic N) is 1. The molecule has 0 bridgehead atoms. The summed E-state index contributed by atoms with van der Waals surface area (Å²) in [4.78, 5) is 5.37. The van der Waals surface area contributed by atoms with Gasteiger partial charge in [-0.15, -0.1) is 0 Å². The number of rotatable bonds is 4. The van der Waals surface area contributed by atoms with Gasteiger partial charge < -0.3 is 10.5 Å². The SMILES string of the molecule is CCOc1ccc(Sc2ccc(N)cn2)cc1. The summed E-state index contributed by atoms with van der Waals surface area (Å²) in [6.07, 6.45) is 1.66. The Labute approximate surface area is 105 Å². The van der Waals surface area contributed by atoms with E-state index >= 15 is 0 Å². The molecule has 0 saturated heterocycles. The molecule has 1 aromatic heterocycles. The standard InChI is InChI=1S/C13H14N2OS/c1-2-16-11-4-6-12(7-5-11)17-13-8-3-10(14)9-15-13/h3-9H,2,14H2,1H3. The second-order valence-electron chi connectivity index (χ2n) is 3.44.